The molecule has 2 fully saturated rings. The van der Waals surface area contributed by atoms with E-state index in [4.69, 9.17) is 22.3 Å². The van der Waals surface area contributed by atoms with E-state index in [0.717, 1.165) is 53.7 Å². The summed E-state index contributed by atoms with van der Waals surface area (Å²) in [5.74, 6) is 0.728. The van der Waals surface area contributed by atoms with E-state index in [-0.39, 0.29) is 11.6 Å². The second-order valence-corrected chi connectivity index (χ2v) is 9.62. The van der Waals surface area contributed by atoms with Gasteiger partial charge < -0.3 is 15.6 Å². The molecule has 3 atom stereocenters. The molecule has 5 heterocycles. The predicted octanol–water partition coefficient (Wildman–Crippen LogP) is 3.32. The van der Waals surface area contributed by atoms with E-state index in [0.29, 0.717) is 28.1 Å². The van der Waals surface area contributed by atoms with Gasteiger partial charge in [0.25, 0.3) is 5.56 Å². The Kier molecular flexibility index (Phi) is 4.39. The van der Waals surface area contributed by atoms with Crippen LogP contribution in [0.4, 0.5) is 5.95 Å². The fourth-order valence-electron chi connectivity index (χ4n) is 5.73. The highest BCUT2D eigenvalue weighted by molar-refractivity contribution is 6.38. The lowest BCUT2D eigenvalue weighted by atomic mass is 9.82. The third-order valence-electron chi connectivity index (χ3n) is 7.16. The van der Waals surface area contributed by atoms with E-state index in [1.165, 1.54) is 6.42 Å². The minimum absolute atomic E-state index is 0.0726. The summed E-state index contributed by atoms with van der Waals surface area (Å²) in [6, 6.07) is 4.75. The number of nitrogens with zero attached hydrogens (tertiary/aromatic N) is 5. The SMILES string of the molecule is Cn1cc2c(Cl)c(-c3c[nH]c4nc(N5[C@@H]6CCC[C@H]5C[C@@H](N)C6)n(C)c(=O)c34)ccc2n1. The number of halogens is 1. The molecule has 32 heavy (non-hydrogen) atoms. The molecule has 2 bridgehead atoms. The van der Waals surface area contributed by atoms with Crippen molar-refractivity contribution < 1.29 is 0 Å². The van der Waals surface area contributed by atoms with E-state index in [2.05, 4.69) is 15.0 Å². The average molecular weight is 452 g/mol. The third kappa shape index (κ3) is 2.82. The van der Waals surface area contributed by atoms with Crippen LogP contribution < -0.4 is 16.2 Å². The number of aromatic amines is 1. The summed E-state index contributed by atoms with van der Waals surface area (Å²) in [5, 5.41) is 6.42. The smallest absolute Gasteiger partial charge is 0.264 e. The number of anilines is 1. The summed E-state index contributed by atoms with van der Waals surface area (Å²) < 4.78 is 3.43. The topological polar surface area (TPSA) is 97.8 Å². The van der Waals surface area contributed by atoms with Crippen LogP contribution in [0.25, 0.3) is 33.1 Å². The van der Waals surface area contributed by atoms with Crippen molar-refractivity contribution in [3.8, 4) is 11.1 Å². The molecule has 2 saturated heterocycles. The molecule has 0 saturated carbocycles. The molecule has 1 aromatic carbocycles. The fourth-order valence-corrected chi connectivity index (χ4v) is 6.04. The Morgan fingerprint density at radius 1 is 1.16 bits per heavy atom. The summed E-state index contributed by atoms with van der Waals surface area (Å²) in [6.07, 6.45) is 9.01. The zero-order chi connectivity index (χ0) is 22.1. The predicted molar refractivity (Wildman–Crippen MR) is 127 cm³/mol. The van der Waals surface area contributed by atoms with E-state index < -0.39 is 0 Å². The molecule has 4 aromatic rings. The minimum atomic E-state index is -0.0726. The van der Waals surface area contributed by atoms with Crippen molar-refractivity contribution in [1.82, 2.24) is 24.3 Å². The maximum absolute atomic E-state index is 13.6. The minimum Gasteiger partial charge on any atom is -0.345 e. The van der Waals surface area contributed by atoms with Crippen LogP contribution in [0, 0.1) is 0 Å². The normalized spacial score (nSPS) is 23.4. The quantitative estimate of drug-likeness (QED) is 0.487. The molecule has 6 rings (SSSR count). The Morgan fingerprint density at radius 2 is 1.91 bits per heavy atom. The molecular weight excluding hydrogens is 426 g/mol. The van der Waals surface area contributed by atoms with Gasteiger partial charge in [-0.1, -0.05) is 17.7 Å². The highest BCUT2D eigenvalue weighted by Crippen LogP contribution is 2.39. The molecule has 3 aromatic heterocycles. The summed E-state index contributed by atoms with van der Waals surface area (Å²) in [6.45, 7) is 0. The van der Waals surface area contributed by atoms with Gasteiger partial charge in [0.2, 0.25) is 5.95 Å². The van der Waals surface area contributed by atoms with Gasteiger partial charge in [-0.15, -0.1) is 0 Å². The van der Waals surface area contributed by atoms with Crippen LogP contribution >= 0.6 is 11.6 Å². The van der Waals surface area contributed by atoms with Crippen LogP contribution in [0.2, 0.25) is 5.02 Å². The summed E-state index contributed by atoms with van der Waals surface area (Å²) in [7, 11) is 3.68. The first-order valence-corrected chi connectivity index (χ1v) is 11.5. The molecule has 0 unspecified atom stereocenters. The van der Waals surface area contributed by atoms with Gasteiger partial charge in [-0.3, -0.25) is 14.0 Å². The number of aryl methyl sites for hydroxylation is 1. The number of fused-ring (bicyclic) bond motifs is 4. The van der Waals surface area contributed by atoms with Crippen LogP contribution in [0.3, 0.4) is 0 Å². The number of hydrogen-bond acceptors (Lipinski definition) is 5. The number of aromatic nitrogens is 5. The Balaban J connectivity index is 1.51. The first kappa shape index (κ1) is 19.8. The van der Waals surface area contributed by atoms with Crippen LogP contribution in [0.15, 0.2) is 29.3 Å². The lowest BCUT2D eigenvalue weighted by Crippen LogP contribution is -2.57. The number of benzene rings is 1. The molecule has 8 nitrogen and oxygen atoms in total. The van der Waals surface area contributed by atoms with Crippen LogP contribution in [0.1, 0.15) is 32.1 Å². The van der Waals surface area contributed by atoms with Crippen LogP contribution in [-0.4, -0.2) is 42.4 Å². The summed E-state index contributed by atoms with van der Waals surface area (Å²) in [5.41, 5.74) is 9.21. The zero-order valence-electron chi connectivity index (χ0n) is 18.2. The van der Waals surface area contributed by atoms with Crippen LogP contribution in [-0.2, 0) is 14.1 Å². The maximum Gasteiger partial charge on any atom is 0.264 e. The second-order valence-electron chi connectivity index (χ2n) is 9.24. The van der Waals surface area contributed by atoms with Gasteiger partial charge in [-0.05, 0) is 38.2 Å². The molecule has 0 amide bonds. The molecule has 2 aliphatic heterocycles. The number of H-pyrrole nitrogens is 1. The molecule has 3 N–H and O–H groups in total. The van der Waals surface area contributed by atoms with Crippen molar-refractivity contribution in [2.45, 2.75) is 50.2 Å². The lowest BCUT2D eigenvalue weighted by molar-refractivity contribution is 0.265. The Hall–Kier alpha value is -2.84. The van der Waals surface area contributed by atoms with E-state index in [9.17, 15) is 4.79 Å². The number of piperidine rings is 2. The molecule has 0 radical (unpaired) electrons. The van der Waals surface area contributed by atoms with Gasteiger partial charge in [0, 0.05) is 61.1 Å². The largest absolute Gasteiger partial charge is 0.345 e. The van der Waals surface area contributed by atoms with Crippen molar-refractivity contribution >= 4 is 39.5 Å². The number of nitrogens with one attached hydrogen (secondary N) is 1. The average Bonchev–Trinajstić information content (AvgIpc) is 3.34. The maximum atomic E-state index is 13.6. The first-order chi connectivity index (χ1) is 15.4. The number of hydrogen-bond donors (Lipinski definition) is 2. The highest BCUT2D eigenvalue weighted by Gasteiger charge is 2.39. The fraction of sp³-hybridized carbons (Fsp3) is 0.435. The molecule has 166 valence electrons. The second kappa shape index (κ2) is 7.08. The van der Waals surface area contributed by atoms with Crippen molar-refractivity contribution in [2.75, 3.05) is 4.90 Å². The van der Waals surface area contributed by atoms with E-state index in [1.54, 1.807) is 9.25 Å². The Bertz CT molecular complexity index is 1400. The molecule has 0 aliphatic carbocycles. The van der Waals surface area contributed by atoms with Gasteiger partial charge >= 0.3 is 0 Å². The standard InChI is InChI=1S/C23H26ClN7O/c1-29-11-17-18(28-29)7-6-15(20(17)24)16-10-26-21-19(16)22(32)30(2)23(27-21)31-13-4-3-5-14(31)9-12(25)8-13/h6-7,10-14,26H,3-5,8-9,25H2,1-2H3/t12-,13+,14-. The Labute approximate surface area is 190 Å². The molecule has 2 aliphatic rings. The van der Waals surface area contributed by atoms with Gasteiger partial charge in [-0.25, -0.2) is 0 Å². The lowest BCUT2D eigenvalue weighted by Gasteiger charge is -2.48. The van der Waals surface area contributed by atoms with Crippen molar-refractivity contribution in [2.24, 2.45) is 19.8 Å². The molecule has 9 heteroatoms. The van der Waals surface area contributed by atoms with Crippen LogP contribution in [0.5, 0.6) is 0 Å². The van der Waals surface area contributed by atoms with Crippen molar-refractivity contribution in [1.29, 1.82) is 0 Å². The Morgan fingerprint density at radius 3 is 2.66 bits per heavy atom. The van der Waals surface area contributed by atoms with Gasteiger partial charge in [0.15, 0.2) is 0 Å². The summed E-state index contributed by atoms with van der Waals surface area (Å²) >= 11 is 6.75. The third-order valence-corrected chi connectivity index (χ3v) is 7.57. The number of rotatable bonds is 2. The first-order valence-electron chi connectivity index (χ1n) is 11.2. The zero-order valence-corrected chi connectivity index (χ0v) is 18.9. The molecule has 0 spiro atoms. The monoisotopic (exact) mass is 451 g/mol. The van der Waals surface area contributed by atoms with Gasteiger partial charge in [0.05, 0.1) is 15.9 Å². The van der Waals surface area contributed by atoms with Crippen molar-refractivity contribution in [3.05, 3.63) is 39.9 Å². The highest BCUT2D eigenvalue weighted by atomic mass is 35.5. The van der Waals surface area contributed by atoms with E-state index in [1.807, 2.05) is 38.6 Å². The molecular formula is C23H26ClN7O. The van der Waals surface area contributed by atoms with Gasteiger partial charge in [-0.2, -0.15) is 10.1 Å². The van der Waals surface area contributed by atoms with Gasteiger partial charge in [0.1, 0.15) is 5.65 Å². The van der Waals surface area contributed by atoms with Crippen molar-refractivity contribution in [3.63, 3.8) is 0 Å². The van der Waals surface area contributed by atoms with E-state index >= 15 is 0 Å². The summed E-state index contributed by atoms with van der Waals surface area (Å²) in [4.78, 5) is 24.1. The number of nitrogens with two attached hydrogens (primary N) is 1.